The van der Waals surface area contributed by atoms with Crippen LogP contribution in [0, 0.1) is 0 Å². The average molecular weight is 380 g/mol. The molecular formula is C18H21NO4S2. The smallest absolute Gasteiger partial charge is 0.243 e. The fourth-order valence-corrected chi connectivity index (χ4v) is 5.17. The number of sulfonamides is 1. The van der Waals surface area contributed by atoms with E-state index >= 15 is 0 Å². The highest BCUT2D eigenvalue weighted by molar-refractivity contribution is 7.89. The molecule has 0 N–H and O–H groups in total. The SMILES string of the molecule is CCc1ccc(S(=O)(=O)N2CCOC[C@H]2CC(=O)c2cccs2)cc1. The van der Waals surface area contributed by atoms with E-state index in [2.05, 4.69) is 0 Å². The number of carbonyl (C=O) groups is 1. The molecule has 7 heteroatoms. The fourth-order valence-electron chi connectivity index (χ4n) is 2.90. The molecule has 134 valence electrons. The van der Waals surface area contributed by atoms with Gasteiger partial charge in [-0.15, -0.1) is 11.3 Å². The molecule has 2 aromatic rings. The van der Waals surface area contributed by atoms with Gasteiger partial charge in [-0.05, 0) is 35.6 Å². The van der Waals surface area contributed by atoms with Crippen molar-refractivity contribution in [3.8, 4) is 0 Å². The van der Waals surface area contributed by atoms with Crippen molar-refractivity contribution in [2.24, 2.45) is 0 Å². The van der Waals surface area contributed by atoms with Gasteiger partial charge in [-0.1, -0.05) is 25.1 Å². The first kappa shape index (κ1) is 18.3. The first-order chi connectivity index (χ1) is 12.0. The van der Waals surface area contributed by atoms with E-state index in [1.54, 1.807) is 18.2 Å². The highest BCUT2D eigenvalue weighted by atomic mass is 32.2. The molecule has 0 spiro atoms. The molecule has 1 atom stereocenters. The van der Waals surface area contributed by atoms with E-state index in [0.29, 0.717) is 11.5 Å². The second-order valence-electron chi connectivity index (χ2n) is 5.95. The Kier molecular flexibility index (Phi) is 5.68. The van der Waals surface area contributed by atoms with E-state index in [-0.39, 0.29) is 30.3 Å². The van der Waals surface area contributed by atoms with Crippen molar-refractivity contribution in [3.63, 3.8) is 0 Å². The molecule has 1 fully saturated rings. The molecule has 0 bridgehead atoms. The first-order valence-electron chi connectivity index (χ1n) is 8.27. The summed E-state index contributed by atoms with van der Waals surface area (Å²) in [5, 5.41) is 1.84. The van der Waals surface area contributed by atoms with Crippen molar-refractivity contribution in [2.75, 3.05) is 19.8 Å². The van der Waals surface area contributed by atoms with Crippen LogP contribution < -0.4 is 0 Å². The van der Waals surface area contributed by atoms with Gasteiger partial charge >= 0.3 is 0 Å². The summed E-state index contributed by atoms with van der Waals surface area (Å²) in [6.45, 7) is 2.87. The number of Topliss-reactive ketones (excluding diaryl/α,β-unsaturated/α-hetero) is 1. The minimum atomic E-state index is -3.65. The topological polar surface area (TPSA) is 63.7 Å². The molecule has 25 heavy (non-hydrogen) atoms. The maximum atomic E-state index is 13.0. The van der Waals surface area contributed by atoms with Crippen molar-refractivity contribution in [3.05, 3.63) is 52.2 Å². The quantitative estimate of drug-likeness (QED) is 0.724. The largest absolute Gasteiger partial charge is 0.378 e. The molecule has 0 radical (unpaired) electrons. The standard InChI is InChI=1S/C18H21NO4S2/c1-2-14-5-7-16(8-6-14)25(21,22)19-9-10-23-13-15(19)12-17(20)18-4-3-11-24-18/h3-8,11,15H,2,9-10,12-13H2,1H3/t15-/m1/s1. The molecule has 2 heterocycles. The maximum Gasteiger partial charge on any atom is 0.243 e. The lowest BCUT2D eigenvalue weighted by atomic mass is 10.1. The Morgan fingerprint density at radius 2 is 2.04 bits per heavy atom. The van der Waals surface area contributed by atoms with Gasteiger partial charge in [-0.2, -0.15) is 4.31 Å². The highest BCUT2D eigenvalue weighted by Crippen LogP contribution is 2.24. The minimum absolute atomic E-state index is 0.0490. The van der Waals surface area contributed by atoms with Crippen LogP contribution in [0.5, 0.6) is 0 Å². The zero-order valence-electron chi connectivity index (χ0n) is 14.1. The van der Waals surface area contributed by atoms with Crippen molar-refractivity contribution < 1.29 is 17.9 Å². The number of ketones is 1. The van der Waals surface area contributed by atoms with E-state index in [0.717, 1.165) is 12.0 Å². The van der Waals surface area contributed by atoms with Crippen LogP contribution in [0.1, 0.15) is 28.6 Å². The predicted molar refractivity (Wildman–Crippen MR) is 97.6 cm³/mol. The van der Waals surface area contributed by atoms with Gasteiger partial charge in [0.25, 0.3) is 0 Å². The molecule has 1 aromatic carbocycles. The highest BCUT2D eigenvalue weighted by Gasteiger charge is 2.35. The molecule has 5 nitrogen and oxygen atoms in total. The van der Waals surface area contributed by atoms with E-state index in [4.69, 9.17) is 4.74 Å². The molecule has 0 amide bonds. The third kappa shape index (κ3) is 4.00. The second kappa shape index (κ2) is 7.78. The Labute approximate surface area is 152 Å². The van der Waals surface area contributed by atoms with Crippen LogP contribution in [-0.2, 0) is 21.2 Å². The van der Waals surface area contributed by atoms with Crippen molar-refractivity contribution in [2.45, 2.75) is 30.7 Å². The first-order valence-corrected chi connectivity index (χ1v) is 10.6. The number of benzene rings is 1. The predicted octanol–water partition coefficient (Wildman–Crippen LogP) is 2.97. The number of hydrogen-bond donors (Lipinski definition) is 0. The molecule has 1 aliphatic heterocycles. The van der Waals surface area contributed by atoms with Crippen molar-refractivity contribution in [1.82, 2.24) is 4.31 Å². The number of rotatable bonds is 6. The maximum absolute atomic E-state index is 13.0. The van der Waals surface area contributed by atoms with Crippen molar-refractivity contribution in [1.29, 1.82) is 0 Å². The van der Waals surface area contributed by atoms with Crippen LogP contribution in [0.2, 0.25) is 0 Å². The second-order valence-corrected chi connectivity index (χ2v) is 8.78. The van der Waals surface area contributed by atoms with Gasteiger partial charge in [0.2, 0.25) is 10.0 Å². The van der Waals surface area contributed by atoms with Gasteiger partial charge in [-0.25, -0.2) is 8.42 Å². The van der Waals surface area contributed by atoms with Gasteiger partial charge in [0.05, 0.1) is 29.0 Å². The summed E-state index contributed by atoms with van der Waals surface area (Å²) in [7, 11) is -3.65. The average Bonchev–Trinajstić information content (AvgIpc) is 3.17. The molecule has 3 rings (SSSR count). The number of carbonyl (C=O) groups excluding carboxylic acids is 1. The summed E-state index contributed by atoms with van der Waals surface area (Å²) in [4.78, 5) is 13.3. The van der Waals surface area contributed by atoms with Gasteiger partial charge in [0.15, 0.2) is 5.78 Å². The minimum Gasteiger partial charge on any atom is -0.378 e. The van der Waals surface area contributed by atoms with E-state index in [1.807, 2.05) is 30.5 Å². The zero-order valence-corrected chi connectivity index (χ0v) is 15.7. The van der Waals surface area contributed by atoms with Crippen LogP contribution in [0.15, 0.2) is 46.7 Å². The van der Waals surface area contributed by atoms with E-state index < -0.39 is 16.1 Å². The van der Waals surface area contributed by atoms with Gasteiger partial charge in [-0.3, -0.25) is 4.79 Å². The number of thiophene rings is 1. The summed E-state index contributed by atoms with van der Waals surface area (Å²) in [6, 6.07) is 10.1. The Morgan fingerprint density at radius 1 is 1.28 bits per heavy atom. The van der Waals surface area contributed by atoms with Crippen molar-refractivity contribution >= 4 is 27.1 Å². The zero-order chi connectivity index (χ0) is 17.9. The number of hydrogen-bond acceptors (Lipinski definition) is 5. The summed E-state index contributed by atoms with van der Waals surface area (Å²) >= 11 is 1.37. The molecule has 1 aromatic heterocycles. The summed E-state index contributed by atoms with van der Waals surface area (Å²) in [5.41, 5.74) is 1.09. The molecule has 0 saturated carbocycles. The van der Waals surface area contributed by atoms with Crippen LogP contribution in [0.4, 0.5) is 0 Å². The number of ether oxygens (including phenoxy) is 1. The number of aryl methyl sites for hydroxylation is 1. The fraction of sp³-hybridized carbons (Fsp3) is 0.389. The van der Waals surface area contributed by atoms with E-state index in [1.165, 1.54) is 15.6 Å². The normalized spacial score (nSPS) is 19.0. The van der Waals surface area contributed by atoms with E-state index in [9.17, 15) is 13.2 Å². The molecular weight excluding hydrogens is 358 g/mol. The summed E-state index contributed by atoms with van der Waals surface area (Å²) in [5.74, 6) is -0.0490. The Hall–Kier alpha value is -1.54. The lowest BCUT2D eigenvalue weighted by molar-refractivity contribution is 0.0294. The lowest BCUT2D eigenvalue weighted by Gasteiger charge is -2.34. The molecule has 0 aliphatic carbocycles. The Bertz CT molecular complexity index is 813. The molecule has 0 unspecified atom stereocenters. The molecule has 1 aliphatic rings. The van der Waals surface area contributed by atoms with Gasteiger partial charge in [0, 0.05) is 13.0 Å². The van der Waals surface area contributed by atoms with Gasteiger partial charge < -0.3 is 4.74 Å². The lowest BCUT2D eigenvalue weighted by Crippen LogP contribution is -2.49. The van der Waals surface area contributed by atoms with Crippen LogP contribution in [-0.4, -0.2) is 44.3 Å². The third-order valence-corrected chi connectivity index (χ3v) is 7.21. The Balaban J connectivity index is 1.82. The van der Waals surface area contributed by atoms with Crippen LogP contribution in [0.3, 0.4) is 0 Å². The number of morpholine rings is 1. The summed E-state index contributed by atoms with van der Waals surface area (Å²) < 4.78 is 32.9. The Morgan fingerprint density at radius 3 is 2.68 bits per heavy atom. The summed E-state index contributed by atoms with van der Waals surface area (Å²) in [6.07, 6.45) is 0.989. The van der Waals surface area contributed by atoms with Crippen LogP contribution in [0.25, 0.3) is 0 Å². The monoisotopic (exact) mass is 379 g/mol. The molecule has 1 saturated heterocycles. The number of nitrogens with zero attached hydrogens (tertiary/aromatic N) is 1. The van der Waals surface area contributed by atoms with Gasteiger partial charge in [0.1, 0.15) is 0 Å². The third-order valence-electron chi connectivity index (χ3n) is 4.33. The van der Waals surface area contributed by atoms with Crippen LogP contribution >= 0.6 is 11.3 Å².